The summed E-state index contributed by atoms with van der Waals surface area (Å²) >= 11 is 0. The van der Waals surface area contributed by atoms with Gasteiger partial charge in [0.2, 0.25) is 0 Å². The summed E-state index contributed by atoms with van der Waals surface area (Å²) in [4.78, 5) is 0. The normalized spacial score (nSPS) is 17.3. The molecule has 112 valence electrons. The summed E-state index contributed by atoms with van der Waals surface area (Å²) in [5, 5.41) is 3.62. The average molecular weight is 275 g/mol. The number of rotatable bonds is 8. The van der Waals surface area contributed by atoms with E-state index in [1.165, 1.54) is 37.7 Å². The van der Waals surface area contributed by atoms with Gasteiger partial charge in [0.1, 0.15) is 5.75 Å². The second-order valence-electron chi connectivity index (χ2n) is 6.47. The summed E-state index contributed by atoms with van der Waals surface area (Å²) in [5.74, 6) is 0.991. The zero-order valence-corrected chi connectivity index (χ0v) is 13.1. The lowest BCUT2D eigenvalue weighted by molar-refractivity contribution is 0.308. The molecular weight excluding hydrogens is 246 g/mol. The van der Waals surface area contributed by atoms with Crippen LogP contribution in [-0.2, 0) is 6.54 Å². The van der Waals surface area contributed by atoms with Gasteiger partial charge in [-0.2, -0.15) is 0 Å². The first-order chi connectivity index (χ1) is 9.72. The third-order valence-corrected chi connectivity index (χ3v) is 4.38. The number of hydrogen-bond donors (Lipinski definition) is 1. The first kappa shape index (κ1) is 15.4. The van der Waals surface area contributed by atoms with E-state index >= 15 is 0 Å². The Morgan fingerprint density at radius 2 is 1.85 bits per heavy atom. The smallest absolute Gasteiger partial charge is 0.119 e. The van der Waals surface area contributed by atoms with E-state index in [2.05, 4.69) is 43.4 Å². The Morgan fingerprint density at radius 1 is 1.15 bits per heavy atom. The van der Waals surface area contributed by atoms with Crippen molar-refractivity contribution in [3.8, 4) is 5.75 Å². The largest absolute Gasteiger partial charge is 0.494 e. The molecule has 0 atom stereocenters. The minimum atomic E-state index is 0.531. The Kier molecular flexibility index (Phi) is 5.90. The average Bonchev–Trinajstić information content (AvgIpc) is 2.88. The van der Waals surface area contributed by atoms with E-state index in [-0.39, 0.29) is 0 Å². The van der Waals surface area contributed by atoms with Crippen LogP contribution in [0.15, 0.2) is 24.3 Å². The van der Waals surface area contributed by atoms with Crippen molar-refractivity contribution in [1.29, 1.82) is 0 Å². The summed E-state index contributed by atoms with van der Waals surface area (Å²) in [5.41, 5.74) is 1.87. The molecule has 1 aromatic carbocycles. The quantitative estimate of drug-likeness (QED) is 0.703. The molecule has 1 aromatic rings. The molecule has 0 aromatic heterocycles. The van der Waals surface area contributed by atoms with Crippen LogP contribution in [0.5, 0.6) is 5.75 Å². The van der Waals surface area contributed by atoms with Gasteiger partial charge in [-0.05, 0) is 42.4 Å². The molecule has 0 saturated heterocycles. The van der Waals surface area contributed by atoms with E-state index in [9.17, 15) is 0 Å². The van der Waals surface area contributed by atoms with Gasteiger partial charge in [-0.25, -0.2) is 0 Å². The van der Waals surface area contributed by atoms with Gasteiger partial charge in [0, 0.05) is 13.1 Å². The predicted molar refractivity (Wildman–Crippen MR) is 85.1 cm³/mol. The lowest BCUT2D eigenvalue weighted by atomic mass is 9.89. The van der Waals surface area contributed by atoms with E-state index in [0.29, 0.717) is 5.41 Å². The van der Waals surface area contributed by atoms with Crippen molar-refractivity contribution in [2.75, 3.05) is 13.2 Å². The zero-order chi connectivity index (χ0) is 14.3. The van der Waals surface area contributed by atoms with Crippen LogP contribution in [0.4, 0.5) is 0 Å². The van der Waals surface area contributed by atoms with E-state index < -0.39 is 0 Å². The van der Waals surface area contributed by atoms with Crippen LogP contribution in [0.2, 0.25) is 0 Å². The Morgan fingerprint density at radius 3 is 2.50 bits per heavy atom. The molecule has 0 spiro atoms. The topological polar surface area (TPSA) is 21.3 Å². The zero-order valence-electron chi connectivity index (χ0n) is 13.1. The first-order valence-corrected chi connectivity index (χ1v) is 8.14. The number of hydrogen-bond acceptors (Lipinski definition) is 2. The molecule has 1 fully saturated rings. The van der Waals surface area contributed by atoms with Gasteiger partial charge in [0.15, 0.2) is 0 Å². The lowest BCUT2D eigenvalue weighted by Crippen LogP contribution is -2.29. The highest BCUT2D eigenvalue weighted by Crippen LogP contribution is 2.36. The molecule has 0 unspecified atom stereocenters. The molecule has 0 radical (unpaired) electrons. The van der Waals surface area contributed by atoms with E-state index in [1.807, 2.05) is 0 Å². The SMILES string of the molecule is CCCCOc1ccc(CNCC2(C)CCCC2)cc1. The highest BCUT2D eigenvalue weighted by molar-refractivity contribution is 5.27. The summed E-state index contributed by atoms with van der Waals surface area (Å²) in [6.07, 6.45) is 7.88. The van der Waals surface area contributed by atoms with Crippen LogP contribution in [0.1, 0.15) is 57.9 Å². The molecule has 2 heteroatoms. The van der Waals surface area contributed by atoms with Gasteiger partial charge >= 0.3 is 0 Å². The first-order valence-electron chi connectivity index (χ1n) is 8.14. The number of benzene rings is 1. The Hall–Kier alpha value is -1.02. The van der Waals surface area contributed by atoms with Gasteiger partial charge in [0.25, 0.3) is 0 Å². The minimum Gasteiger partial charge on any atom is -0.494 e. The van der Waals surface area contributed by atoms with Gasteiger partial charge < -0.3 is 10.1 Å². The van der Waals surface area contributed by atoms with Crippen LogP contribution in [0.3, 0.4) is 0 Å². The van der Waals surface area contributed by atoms with Gasteiger partial charge in [0.05, 0.1) is 6.61 Å². The van der Waals surface area contributed by atoms with Crippen LogP contribution in [0, 0.1) is 5.41 Å². The van der Waals surface area contributed by atoms with Crippen molar-refractivity contribution in [2.24, 2.45) is 5.41 Å². The third-order valence-electron chi connectivity index (χ3n) is 4.38. The molecular formula is C18H29NO. The van der Waals surface area contributed by atoms with Crippen LogP contribution in [-0.4, -0.2) is 13.2 Å². The maximum absolute atomic E-state index is 5.68. The second-order valence-corrected chi connectivity index (χ2v) is 6.47. The Labute approximate surface area is 123 Å². The molecule has 2 rings (SSSR count). The molecule has 1 aliphatic rings. The highest BCUT2D eigenvalue weighted by atomic mass is 16.5. The van der Waals surface area contributed by atoms with Crippen LogP contribution >= 0.6 is 0 Å². The summed E-state index contributed by atoms with van der Waals surface area (Å²) in [6, 6.07) is 8.52. The van der Waals surface area contributed by atoms with Gasteiger partial charge in [-0.15, -0.1) is 0 Å². The Balaban J connectivity index is 1.70. The predicted octanol–water partition coefficient (Wildman–Crippen LogP) is 4.54. The van der Waals surface area contributed by atoms with Crippen molar-refractivity contribution in [3.63, 3.8) is 0 Å². The Bertz CT molecular complexity index is 379. The second kappa shape index (κ2) is 7.68. The summed E-state index contributed by atoms with van der Waals surface area (Å²) < 4.78 is 5.68. The van der Waals surface area contributed by atoms with Crippen molar-refractivity contribution in [2.45, 2.75) is 58.9 Å². The standard InChI is InChI=1S/C18H29NO/c1-3-4-13-20-17-9-7-16(8-10-17)14-19-15-18(2)11-5-6-12-18/h7-10,19H,3-6,11-15H2,1-2H3. The molecule has 1 N–H and O–H groups in total. The third kappa shape index (κ3) is 4.82. The van der Waals surface area contributed by atoms with Crippen molar-refractivity contribution >= 4 is 0 Å². The fourth-order valence-corrected chi connectivity index (χ4v) is 2.95. The van der Waals surface area contributed by atoms with E-state index in [1.54, 1.807) is 0 Å². The van der Waals surface area contributed by atoms with Crippen LogP contribution < -0.4 is 10.1 Å². The van der Waals surface area contributed by atoms with Crippen molar-refractivity contribution in [1.82, 2.24) is 5.32 Å². The summed E-state index contributed by atoms with van der Waals surface area (Å²) in [7, 11) is 0. The minimum absolute atomic E-state index is 0.531. The molecule has 1 saturated carbocycles. The fraction of sp³-hybridized carbons (Fsp3) is 0.667. The van der Waals surface area contributed by atoms with Crippen LogP contribution in [0.25, 0.3) is 0 Å². The lowest BCUT2D eigenvalue weighted by Gasteiger charge is -2.23. The van der Waals surface area contributed by atoms with Crippen molar-refractivity contribution < 1.29 is 4.74 Å². The maximum Gasteiger partial charge on any atom is 0.119 e. The molecule has 0 bridgehead atoms. The van der Waals surface area contributed by atoms with Gasteiger partial charge in [-0.3, -0.25) is 0 Å². The van der Waals surface area contributed by atoms with E-state index in [0.717, 1.165) is 31.9 Å². The summed E-state index contributed by atoms with van der Waals surface area (Å²) in [6.45, 7) is 7.53. The molecule has 2 nitrogen and oxygen atoms in total. The molecule has 0 amide bonds. The number of nitrogens with one attached hydrogen (secondary N) is 1. The molecule has 0 heterocycles. The molecule has 0 aliphatic heterocycles. The van der Waals surface area contributed by atoms with E-state index in [4.69, 9.17) is 4.74 Å². The molecule has 20 heavy (non-hydrogen) atoms. The monoisotopic (exact) mass is 275 g/mol. The number of ether oxygens (including phenoxy) is 1. The highest BCUT2D eigenvalue weighted by Gasteiger charge is 2.27. The number of unbranched alkanes of at least 4 members (excludes halogenated alkanes) is 1. The molecule has 1 aliphatic carbocycles. The maximum atomic E-state index is 5.68. The van der Waals surface area contributed by atoms with Gasteiger partial charge in [-0.1, -0.05) is 45.2 Å². The fourth-order valence-electron chi connectivity index (χ4n) is 2.95. The van der Waals surface area contributed by atoms with Crippen molar-refractivity contribution in [3.05, 3.63) is 29.8 Å².